The van der Waals surface area contributed by atoms with Gasteiger partial charge in [0.1, 0.15) is 6.61 Å². The molecule has 0 aromatic carbocycles. The van der Waals surface area contributed by atoms with Gasteiger partial charge in [-0.25, -0.2) is 0 Å². The summed E-state index contributed by atoms with van der Waals surface area (Å²) < 4.78 is 12.9. The maximum Gasteiger partial charge on any atom is 0.306 e. The molecule has 0 aliphatic heterocycles. The van der Waals surface area contributed by atoms with Crippen LogP contribution in [-0.2, 0) is 23.9 Å². The molecule has 0 aliphatic carbocycles. The van der Waals surface area contributed by atoms with Gasteiger partial charge in [-0.1, -0.05) is 122 Å². The molecule has 0 aromatic heterocycles. The molecular formula is C36H68N2O5S. The Balaban J connectivity index is 4.20. The molecule has 0 spiro atoms. The second-order valence-electron chi connectivity index (χ2n) is 11.7. The minimum Gasteiger partial charge on any atom is -0.466 e. The van der Waals surface area contributed by atoms with Crippen molar-refractivity contribution < 1.29 is 23.9 Å². The zero-order valence-corrected chi connectivity index (χ0v) is 29.9. The summed E-state index contributed by atoms with van der Waals surface area (Å²) in [5.41, 5.74) is 0. The second-order valence-corrected chi connectivity index (χ2v) is 12.8. The van der Waals surface area contributed by atoms with Crippen molar-refractivity contribution in [3.05, 3.63) is 12.2 Å². The smallest absolute Gasteiger partial charge is 0.306 e. The molecule has 8 heteroatoms. The standard InChI is InChI=1S/C36H68N2O5S/c1-5-9-11-13-14-20-26-32-43-36(41)28-22-16-18-24-30-37(34(39)33-44-38(7-3)8-4)29-23-17-15-21-27-35(40)42-31-25-19-12-10-6-2/h20,26H,5-19,21-25,27-33H2,1-4H3/b26-20-. The van der Waals surface area contributed by atoms with Gasteiger partial charge in [0.15, 0.2) is 0 Å². The molecule has 1 amide bonds. The number of amides is 1. The molecule has 0 rings (SSSR count). The molecule has 0 fully saturated rings. The van der Waals surface area contributed by atoms with E-state index in [4.69, 9.17) is 9.47 Å². The van der Waals surface area contributed by atoms with Crippen molar-refractivity contribution in [1.82, 2.24) is 9.21 Å². The number of rotatable bonds is 32. The van der Waals surface area contributed by atoms with Crippen molar-refractivity contribution in [1.29, 1.82) is 0 Å². The number of allylic oxidation sites excluding steroid dienone is 1. The monoisotopic (exact) mass is 640 g/mol. The third kappa shape index (κ3) is 28.0. The van der Waals surface area contributed by atoms with E-state index in [1.807, 2.05) is 11.0 Å². The van der Waals surface area contributed by atoms with Crippen molar-refractivity contribution in [2.75, 3.05) is 45.1 Å². The summed E-state index contributed by atoms with van der Waals surface area (Å²) in [7, 11) is 0. The fourth-order valence-corrected chi connectivity index (χ4v) is 5.75. The number of carbonyl (C=O) groups is 3. The first-order valence-corrected chi connectivity index (χ1v) is 19.0. The molecule has 0 saturated carbocycles. The average Bonchev–Trinajstić information content (AvgIpc) is 3.02. The molecule has 0 unspecified atom stereocenters. The molecule has 0 aromatic rings. The fraction of sp³-hybridized carbons (Fsp3) is 0.861. The Hall–Kier alpha value is -1.54. The van der Waals surface area contributed by atoms with Gasteiger partial charge in [0.25, 0.3) is 0 Å². The van der Waals surface area contributed by atoms with E-state index in [2.05, 4.69) is 38.1 Å². The number of ether oxygens (including phenoxy) is 2. The first kappa shape index (κ1) is 42.5. The van der Waals surface area contributed by atoms with E-state index in [9.17, 15) is 14.4 Å². The number of unbranched alkanes of at least 4 members (excludes halogenated alkanes) is 14. The Labute approximate surface area is 275 Å². The van der Waals surface area contributed by atoms with Crippen LogP contribution in [0.25, 0.3) is 0 Å². The molecule has 7 nitrogen and oxygen atoms in total. The van der Waals surface area contributed by atoms with Gasteiger partial charge in [-0.2, -0.15) is 0 Å². The summed E-state index contributed by atoms with van der Waals surface area (Å²) in [5.74, 6) is 0.474. The molecule has 0 bridgehead atoms. The Morgan fingerprint density at radius 3 is 1.70 bits per heavy atom. The summed E-state index contributed by atoms with van der Waals surface area (Å²) in [4.78, 5) is 39.0. The Kier molecular flexibility index (Phi) is 31.7. The van der Waals surface area contributed by atoms with Gasteiger partial charge in [0, 0.05) is 39.0 Å². The first-order valence-electron chi connectivity index (χ1n) is 18.1. The van der Waals surface area contributed by atoms with Crippen LogP contribution in [0.3, 0.4) is 0 Å². The average molecular weight is 641 g/mol. The third-order valence-corrected chi connectivity index (χ3v) is 9.05. The van der Waals surface area contributed by atoms with E-state index in [-0.39, 0.29) is 17.8 Å². The van der Waals surface area contributed by atoms with Crippen molar-refractivity contribution in [2.45, 2.75) is 156 Å². The molecular weight excluding hydrogens is 572 g/mol. The van der Waals surface area contributed by atoms with Gasteiger partial charge in [-0.3, -0.25) is 18.7 Å². The lowest BCUT2D eigenvalue weighted by molar-refractivity contribution is -0.144. The number of hydrogen-bond donors (Lipinski definition) is 0. The molecule has 258 valence electrons. The molecule has 0 radical (unpaired) electrons. The predicted octanol–water partition coefficient (Wildman–Crippen LogP) is 9.29. The first-order chi connectivity index (χ1) is 21.5. The SMILES string of the molecule is CCCCCC/C=C\COC(=O)CCCCCCN(CCCCCCC(=O)OCCCCCCC)C(=O)CSN(CC)CC. The molecule has 0 N–H and O–H groups in total. The molecule has 0 aliphatic rings. The highest BCUT2D eigenvalue weighted by Crippen LogP contribution is 2.13. The Bertz CT molecular complexity index is 715. The van der Waals surface area contributed by atoms with E-state index >= 15 is 0 Å². The molecule has 44 heavy (non-hydrogen) atoms. The summed E-state index contributed by atoms with van der Waals surface area (Å²) in [5, 5.41) is 0. The number of hydrogen-bond acceptors (Lipinski definition) is 7. The third-order valence-electron chi connectivity index (χ3n) is 7.79. The Morgan fingerprint density at radius 2 is 1.11 bits per heavy atom. The highest BCUT2D eigenvalue weighted by atomic mass is 32.2. The van der Waals surface area contributed by atoms with Crippen molar-refractivity contribution in [3.63, 3.8) is 0 Å². The van der Waals surface area contributed by atoms with Crippen LogP contribution in [-0.4, -0.2) is 72.2 Å². The summed E-state index contributed by atoms with van der Waals surface area (Å²) in [6, 6.07) is 0. The normalized spacial score (nSPS) is 11.4. The number of carbonyl (C=O) groups excluding carboxylic acids is 3. The topological polar surface area (TPSA) is 76.1 Å². The summed E-state index contributed by atoms with van der Waals surface area (Å²) in [6.45, 7) is 12.9. The van der Waals surface area contributed by atoms with Gasteiger partial charge >= 0.3 is 11.9 Å². The van der Waals surface area contributed by atoms with Crippen LogP contribution in [0.2, 0.25) is 0 Å². The van der Waals surface area contributed by atoms with Crippen LogP contribution in [0.5, 0.6) is 0 Å². The maximum absolute atomic E-state index is 13.0. The molecule has 0 heterocycles. The summed E-state index contributed by atoms with van der Waals surface area (Å²) in [6.07, 6.45) is 24.4. The van der Waals surface area contributed by atoms with Gasteiger partial charge < -0.3 is 14.4 Å². The van der Waals surface area contributed by atoms with Crippen molar-refractivity contribution >= 4 is 29.8 Å². The lowest BCUT2D eigenvalue weighted by atomic mass is 10.1. The van der Waals surface area contributed by atoms with Crippen LogP contribution in [0, 0.1) is 0 Å². The second kappa shape index (κ2) is 32.8. The lowest BCUT2D eigenvalue weighted by Gasteiger charge is -2.24. The zero-order chi connectivity index (χ0) is 32.5. The number of nitrogens with zero attached hydrogens (tertiary/aromatic N) is 2. The van der Waals surface area contributed by atoms with E-state index < -0.39 is 0 Å². The number of esters is 2. The van der Waals surface area contributed by atoms with Gasteiger partial charge in [-0.15, -0.1) is 0 Å². The fourth-order valence-electron chi connectivity index (χ4n) is 4.91. The maximum atomic E-state index is 13.0. The van der Waals surface area contributed by atoms with Crippen molar-refractivity contribution in [2.24, 2.45) is 0 Å². The van der Waals surface area contributed by atoms with Gasteiger partial charge in [0.2, 0.25) is 5.91 Å². The van der Waals surface area contributed by atoms with Crippen LogP contribution in [0.15, 0.2) is 12.2 Å². The quantitative estimate of drug-likeness (QED) is 0.0314. The van der Waals surface area contributed by atoms with Crippen molar-refractivity contribution in [3.8, 4) is 0 Å². The molecule has 0 atom stereocenters. The van der Waals surface area contributed by atoms with E-state index in [1.54, 1.807) is 11.9 Å². The van der Waals surface area contributed by atoms with E-state index in [1.165, 1.54) is 44.9 Å². The van der Waals surface area contributed by atoms with Gasteiger partial charge in [-0.05, 0) is 44.9 Å². The highest BCUT2D eigenvalue weighted by molar-refractivity contribution is 7.97. The Morgan fingerprint density at radius 1 is 0.591 bits per heavy atom. The summed E-state index contributed by atoms with van der Waals surface area (Å²) >= 11 is 1.62. The van der Waals surface area contributed by atoms with Crippen LogP contribution < -0.4 is 0 Å². The lowest BCUT2D eigenvalue weighted by Crippen LogP contribution is -2.35. The van der Waals surface area contributed by atoms with Crippen LogP contribution >= 0.6 is 11.9 Å². The van der Waals surface area contributed by atoms with E-state index in [0.717, 1.165) is 96.8 Å². The largest absolute Gasteiger partial charge is 0.466 e. The van der Waals surface area contributed by atoms with E-state index in [0.29, 0.717) is 31.8 Å². The zero-order valence-electron chi connectivity index (χ0n) is 29.1. The minimum absolute atomic E-state index is 0.0796. The van der Waals surface area contributed by atoms with Gasteiger partial charge in [0.05, 0.1) is 12.4 Å². The highest BCUT2D eigenvalue weighted by Gasteiger charge is 2.15. The van der Waals surface area contributed by atoms with Crippen LogP contribution in [0.4, 0.5) is 0 Å². The van der Waals surface area contributed by atoms with Crippen LogP contribution in [0.1, 0.15) is 156 Å². The molecule has 0 saturated heterocycles. The predicted molar refractivity (Wildman–Crippen MR) is 187 cm³/mol. The minimum atomic E-state index is -0.124.